The normalized spacial score (nSPS) is 16.6. The average molecular weight is 403 g/mol. The summed E-state index contributed by atoms with van der Waals surface area (Å²) in [7, 11) is -3.61. The molecule has 3 rings (SSSR count). The Morgan fingerprint density at radius 1 is 1.11 bits per heavy atom. The van der Waals surface area contributed by atoms with Gasteiger partial charge in [0, 0.05) is 13.5 Å². The van der Waals surface area contributed by atoms with E-state index in [9.17, 15) is 23.1 Å². The minimum absolute atomic E-state index is 0.154. The molecule has 3 N–H and O–H groups in total. The van der Waals surface area contributed by atoms with Gasteiger partial charge in [0.05, 0.1) is 23.2 Å². The topological polar surface area (TPSA) is 121 Å². The first-order valence-corrected chi connectivity index (χ1v) is 10.3. The highest BCUT2D eigenvalue weighted by Crippen LogP contribution is 2.38. The number of nitrogens with two attached hydrogens (primary N) is 1. The summed E-state index contributed by atoms with van der Waals surface area (Å²) < 4.78 is 22.4. The molecule has 0 bridgehead atoms. The molecule has 0 saturated heterocycles. The quantitative estimate of drug-likeness (QED) is 0.815. The Kier molecular flexibility index (Phi) is 5.14. The van der Waals surface area contributed by atoms with E-state index < -0.39 is 16.1 Å². The van der Waals surface area contributed by atoms with E-state index in [2.05, 4.69) is 0 Å². The number of amides is 2. The second kappa shape index (κ2) is 7.25. The molecule has 8 nitrogen and oxygen atoms in total. The number of primary sulfonamides is 1. The molecule has 0 aliphatic carbocycles. The lowest BCUT2D eigenvalue weighted by atomic mass is 10.00. The van der Waals surface area contributed by atoms with E-state index in [0.717, 1.165) is 11.1 Å². The van der Waals surface area contributed by atoms with Gasteiger partial charge in [0.1, 0.15) is 0 Å². The van der Waals surface area contributed by atoms with Crippen molar-refractivity contribution in [1.29, 1.82) is 0 Å². The van der Waals surface area contributed by atoms with Gasteiger partial charge in [0.25, 0.3) is 0 Å². The molecule has 2 amide bonds. The second-order valence-corrected chi connectivity index (χ2v) is 8.45. The fraction of sp³-hybridized carbons (Fsp3) is 0.263. The molecule has 28 heavy (non-hydrogen) atoms. The van der Waals surface area contributed by atoms with Crippen LogP contribution in [0.15, 0.2) is 42.5 Å². The number of anilines is 2. The van der Waals surface area contributed by atoms with Crippen LogP contribution in [0.1, 0.15) is 19.4 Å². The first-order chi connectivity index (χ1) is 13.1. The predicted octanol–water partition coefficient (Wildman–Crippen LogP) is 2.38. The fourth-order valence-electron chi connectivity index (χ4n) is 3.49. The third-order valence-corrected chi connectivity index (χ3v) is 5.37. The number of hydrogen-bond acceptors (Lipinski definition) is 4. The van der Waals surface area contributed by atoms with E-state index in [1.54, 1.807) is 48.2 Å². The van der Waals surface area contributed by atoms with Crippen molar-refractivity contribution in [1.82, 2.24) is 0 Å². The first-order valence-electron chi connectivity index (χ1n) is 8.61. The highest BCUT2D eigenvalue weighted by molar-refractivity contribution is 7.88. The number of nitrogens with zero attached hydrogens (tertiary/aromatic N) is 2. The maximum atomic E-state index is 12.1. The maximum Gasteiger partial charge on any atom is 0.411 e. The van der Waals surface area contributed by atoms with Gasteiger partial charge in [0.15, 0.2) is 0 Å². The van der Waals surface area contributed by atoms with E-state index in [1.807, 2.05) is 6.07 Å². The van der Waals surface area contributed by atoms with E-state index in [-0.39, 0.29) is 24.2 Å². The van der Waals surface area contributed by atoms with Crippen molar-refractivity contribution in [3.8, 4) is 11.1 Å². The summed E-state index contributed by atoms with van der Waals surface area (Å²) in [6.45, 7) is 3.44. The molecule has 2 aromatic carbocycles. The first kappa shape index (κ1) is 19.8. The average Bonchev–Trinajstić information content (AvgIpc) is 2.59. The summed E-state index contributed by atoms with van der Waals surface area (Å²) in [5.74, 6) is -0.408. The molecule has 0 saturated carbocycles. The van der Waals surface area contributed by atoms with Gasteiger partial charge in [-0.1, -0.05) is 30.3 Å². The molecule has 1 atom stereocenters. The number of hydrogen-bond donors (Lipinski definition) is 2. The summed E-state index contributed by atoms with van der Waals surface area (Å²) in [6.07, 6.45) is -1.09. The molecule has 0 fully saturated rings. The molecule has 9 heteroatoms. The third kappa shape index (κ3) is 4.00. The Morgan fingerprint density at radius 2 is 1.71 bits per heavy atom. The molecule has 0 aromatic heterocycles. The van der Waals surface area contributed by atoms with Crippen LogP contribution in [0.2, 0.25) is 0 Å². The maximum absolute atomic E-state index is 12.1. The van der Waals surface area contributed by atoms with Crippen LogP contribution in [-0.2, 0) is 20.6 Å². The molecule has 1 aliphatic rings. The lowest BCUT2D eigenvalue weighted by Crippen LogP contribution is -2.51. The minimum atomic E-state index is -3.61. The zero-order valence-corrected chi connectivity index (χ0v) is 16.3. The van der Waals surface area contributed by atoms with Gasteiger partial charge in [-0.05, 0) is 35.7 Å². The third-order valence-electron chi connectivity index (χ3n) is 4.64. The van der Waals surface area contributed by atoms with E-state index in [0.29, 0.717) is 16.9 Å². The molecule has 1 aliphatic heterocycles. The fourth-order valence-corrected chi connectivity index (χ4v) is 4.15. The molecule has 2 aromatic rings. The minimum Gasteiger partial charge on any atom is -0.465 e. The highest BCUT2D eigenvalue weighted by Gasteiger charge is 2.33. The summed E-state index contributed by atoms with van der Waals surface area (Å²) >= 11 is 0. The van der Waals surface area contributed by atoms with Gasteiger partial charge >= 0.3 is 6.09 Å². The molecule has 148 valence electrons. The van der Waals surface area contributed by atoms with E-state index in [4.69, 9.17) is 5.14 Å². The van der Waals surface area contributed by atoms with Crippen molar-refractivity contribution in [2.75, 3.05) is 16.3 Å². The molecule has 0 unspecified atom stereocenters. The number of fused-ring (bicyclic) bond motifs is 1. The van der Waals surface area contributed by atoms with Crippen LogP contribution < -0.4 is 14.9 Å². The number of carbonyl (C=O) groups is 2. The van der Waals surface area contributed by atoms with Gasteiger partial charge in [-0.2, -0.15) is 0 Å². The van der Waals surface area contributed by atoms with Crippen LogP contribution in [0.4, 0.5) is 16.2 Å². The Bertz CT molecular complexity index is 1030. The number of sulfonamides is 1. The Labute approximate surface area is 163 Å². The predicted molar refractivity (Wildman–Crippen MR) is 107 cm³/mol. The van der Waals surface area contributed by atoms with Crippen molar-refractivity contribution in [2.45, 2.75) is 25.6 Å². The summed E-state index contributed by atoms with van der Waals surface area (Å²) in [6, 6.07) is 11.8. The van der Waals surface area contributed by atoms with Gasteiger partial charge in [-0.25, -0.2) is 18.4 Å². The SMILES string of the molecule is CC(=O)N1c2ccc(-c3ccc(CS(N)(=O)=O)cc3)cc2N(C(=O)O)C[C@@H]1C. The molecule has 0 radical (unpaired) electrons. The molecular weight excluding hydrogens is 382 g/mol. The van der Waals surface area contributed by atoms with Crippen LogP contribution in [0, 0.1) is 0 Å². The van der Waals surface area contributed by atoms with Crippen molar-refractivity contribution < 1.29 is 23.1 Å². The van der Waals surface area contributed by atoms with Gasteiger partial charge < -0.3 is 10.0 Å². The zero-order valence-electron chi connectivity index (χ0n) is 15.5. The number of carboxylic acid groups (broad SMARTS) is 1. The van der Waals surface area contributed by atoms with Crippen LogP contribution >= 0.6 is 0 Å². The Morgan fingerprint density at radius 3 is 2.25 bits per heavy atom. The van der Waals surface area contributed by atoms with Crippen molar-refractivity contribution in [2.24, 2.45) is 5.14 Å². The summed E-state index contributed by atoms with van der Waals surface area (Å²) in [4.78, 5) is 26.6. The Hall–Kier alpha value is -2.91. The monoisotopic (exact) mass is 403 g/mol. The second-order valence-electron chi connectivity index (χ2n) is 6.84. The summed E-state index contributed by atoms with van der Waals surface area (Å²) in [5.41, 5.74) is 3.09. The summed E-state index contributed by atoms with van der Waals surface area (Å²) in [5, 5.41) is 14.7. The standard InChI is InChI=1S/C19H21N3O5S/c1-12-10-21(19(24)25)18-9-16(7-8-17(18)22(12)13(2)23)15-5-3-14(4-6-15)11-28(20,26)27/h3-9,12H,10-11H2,1-2H3,(H,24,25)(H2,20,26,27)/t12-/m0/s1. The molecule has 0 spiro atoms. The number of rotatable bonds is 3. The highest BCUT2D eigenvalue weighted by atomic mass is 32.2. The van der Waals surface area contributed by atoms with Crippen LogP contribution in [0.5, 0.6) is 0 Å². The van der Waals surface area contributed by atoms with Gasteiger partial charge in [0.2, 0.25) is 15.9 Å². The smallest absolute Gasteiger partial charge is 0.411 e. The lowest BCUT2D eigenvalue weighted by Gasteiger charge is -2.39. The van der Waals surface area contributed by atoms with Crippen molar-refractivity contribution in [3.63, 3.8) is 0 Å². The van der Waals surface area contributed by atoms with Gasteiger partial charge in [-0.3, -0.25) is 9.69 Å². The lowest BCUT2D eigenvalue weighted by molar-refractivity contribution is -0.117. The van der Waals surface area contributed by atoms with Crippen LogP contribution in [0.3, 0.4) is 0 Å². The van der Waals surface area contributed by atoms with E-state index >= 15 is 0 Å². The van der Waals surface area contributed by atoms with E-state index in [1.165, 1.54) is 11.8 Å². The van der Waals surface area contributed by atoms with Crippen LogP contribution in [-0.4, -0.2) is 38.1 Å². The molecule has 1 heterocycles. The zero-order chi connectivity index (χ0) is 20.6. The Balaban J connectivity index is 2.02. The van der Waals surface area contributed by atoms with Crippen LogP contribution in [0.25, 0.3) is 11.1 Å². The van der Waals surface area contributed by atoms with Crippen molar-refractivity contribution >= 4 is 33.4 Å². The number of carbonyl (C=O) groups excluding carboxylic acids is 1. The largest absolute Gasteiger partial charge is 0.465 e. The van der Waals surface area contributed by atoms with Gasteiger partial charge in [-0.15, -0.1) is 0 Å². The molecular formula is C19H21N3O5S. The number of benzene rings is 2. The van der Waals surface area contributed by atoms with Crippen molar-refractivity contribution in [3.05, 3.63) is 48.0 Å².